The molecule has 1 rings (SSSR count). The third kappa shape index (κ3) is 69.3. The predicted molar refractivity (Wildman–Crippen MR) is 376 cm³/mol. The van der Waals surface area contributed by atoms with Crippen LogP contribution in [0.15, 0.2) is 0 Å². The number of hydrogen-bond donors (Lipinski definition) is 0. The Morgan fingerprint density at radius 3 is 0.899 bits per heavy atom. The SMILES string of the molecule is CC(C)(C)CC(=O)CC(C)(C)C.CC(C)(C)OCOC(C)(C)C.CC(C)(C)OP(=O)(OC(C)(C)C)C1CCOCC1.CC(C)CCP(=O)(OC(C)(C)C)OC(C)(C)C.CC(C)OP(=O)(OC(C)(C)C)OC(C)(C)C.CC(C)P(=O)(OC(C)(C)C)OC(C)(C)C. The minimum Gasteiger partial charge on any atom is -0.381 e. The van der Waals surface area contributed by atoms with E-state index < -0.39 is 75.4 Å². The molecule has 0 radical (unpaired) electrons. The van der Waals surface area contributed by atoms with Crippen molar-refractivity contribution in [3.63, 3.8) is 0 Å². The third-order valence-electron chi connectivity index (χ3n) is 9.23. The average Bonchev–Trinajstić information content (AvgIpc) is 3.13. The smallest absolute Gasteiger partial charge is 0.381 e. The standard InChI is InChI=1S/C13H27O4P.C13H29O3P.C11H25O4P.C11H25O3P.C11H22O.C9H20O2/c1-12(2,3)16-18(14,17-13(4,5)6)11-7-9-15-10-8-11;1-11(2)9-10-17(14,15-12(3,4)5)16-13(6,7)8;1-9(2)13-16(12,14-10(3,4)5)15-11(6,7)8;1-9(2)15(12,13-10(3,4)5)14-11(6,7)8;1-10(2,3)7-9(12)8-11(4,5)6;1-8(2,3)10-7-11-9(4,5)6/h11H,7-10H2,1-6H3;11H,9-10H2,1-8H3;9H,1-8H3;9H,1-8H3;7-8H2,1-6H3;7H2,1-6H3. The summed E-state index contributed by atoms with van der Waals surface area (Å²) in [5, 5.41) is 0. The Balaban J connectivity index is -0.000000320. The molecule has 0 bridgehead atoms. The van der Waals surface area contributed by atoms with Crippen LogP contribution in [-0.4, -0.2) is 105 Å². The molecular weight excluding hydrogens is 1210 g/mol. The Labute approximate surface area is 551 Å². The Morgan fingerprint density at radius 1 is 0.404 bits per heavy atom. The van der Waals surface area contributed by atoms with E-state index in [0.717, 1.165) is 19.3 Å². The van der Waals surface area contributed by atoms with E-state index in [1.54, 1.807) is 13.8 Å². The van der Waals surface area contributed by atoms with Gasteiger partial charge in [-0.25, -0.2) is 4.57 Å². The third-order valence-corrected chi connectivity index (χ3v) is 19.8. The summed E-state index contributed by atoms with van der Waals surface area (Å²) >= 11 is 0. The van der Waals surface area contributed by atoms with Crippen molar-refractivity contribution in [2.24, 2.45) is 16.7 Å². The van der Waals surface area contributed by atoms with E-state index in [1.165, 1.54) is 0 Å². The normalized spacial score (nSPS) is 15.4. The maximum atomic E-state index is 13.1. The molecule has 17 nitrogen and oxygen atoms in total. The molecule has 1 aliphatic heterocycles. The summed E-state index contributed by atoms with van der Waals surface area (Å²) in [7, 11) is -12.7. The van der Waals surface area contributed by atoms with Crippen molar-refractivity contribution < 1.29 is 78.0 Å². The number of ether oxygens (including phenoxy) is 3. The molecule has 1 aliphatic rings. The van der Waals surface area contributed by atoms with E-state index in [0.29, 0.717) is 50.7 Å². The van der Waals surface area contributed by atoms with Crippen LogP contribution >= 0.6 is 30.6 Å². The summed E-state index contributed by atoms with van der Waals surface area (Å²) in [6.07, 6.45) is 4.00. The van der Waals surface area contributed by atoms with Crippen molar-refractivity contribution in [1.82, 2.24) is 0 Å². The van der Waals surface area contributed by atoms with Gasteiger partial charge in [0, 0.05) is 26.1 Å². The lowest BCUT2D eigenvalue weighted by Gasteiger charge is -2.37. The number of hydrogen-bond acceptors (Lipinski definition) is 17. The molecule has 21 heteroatoms. The monoisotopic (exact) mass is 1360 g/mol. The zero-order valence-electron chi connectivity index (χ0n) is 65.9. The number of carbonyl (C=O) groups excluding carboxylic acids is 1. The number of ketones is 1. The summed E-state index contributed by atoms with van der Waals surface area (Å²) in [5.74, 6) is 0.880. The van der Waals surface area contributed by atoms with Crippen LogP contribution in [0.4, 0.5) is 0 Å². The molecule has 0 aromatic carbocycles. The molecule has 0 aromatic rings. The van der Waals surface area contributed by atoms with Gasteiger partial charge >= 0.3 is 30.6 Å². The van der Waals surface area contributed by atoms with Crippen molar-refractivity contribution >= 4 is 36.4 Å². The predicted octanol–water partition coefficient (Wildman–Crippen LogP) is 23.2. The molecule has 0 unspecified atom stereocenters. The highest BCUT2D eigenvalue weighted by Gasteiger charge is 2.44. The van der Waals surface area contributed by atoms with Gasteiger partial charge in [-0.1, -0.05) is 69.2 Å². The maximum Gasteiger partial charge on any atom is 0.476 e. The van der Waals surface area contributed by atoms with Crippen LogP contribution in [0.25, 0.3) is 0 Å². The first kappa shape index (κ1) is 97.8. The fourth-order valence-corrected chi connectivity index (χ4v) is 16.3. The average molecular weight is 1360 g/mol. The lowest BCUT2D eigenvalue weighted by Crippen LogP contribution is -2.31. The fraction of sp³-hybridized carbons (Fsp3) is 0.985. The molecule has 1 saturated heterocycles. The van der Waals surface area contributed by atoms with Crippen LogP contribution in [0.5, 0.6) is 0 Å². The molecule has 89 heavy (non-hydrogen) atoms. The van der Waals surface area contributed by atoms with Gasteiger partial charge in [0.25, 0.3) is 0 Å². The van der Waals surface area contributed by atoms with Gasteiger partial charge in [0.15, 0.2) is 0 Å². The molecule has 0 amide bonds. The number of carbonyl (C=O) groups is 1. The summed E-state index contributed by atoms with van der Waals surface area (Å²) in [6.45, 7) is 82.9. The van der Waals surface area contributed by atoms with Crippen LogP contribution in [-0.2, 0) is 78.0 Å². The van der Waals surface area contributed by atoms with Crippen LogP contribution < -0.4 is 0 Å². The first-order valence-corrected chi connectivity index (χ1v) is 38.9. The molecule has 1 fully saturated rings. The fourth-order valence-electron chi connectivity index (χ4n) is 6.91. The van der Waals surface area contributed by atoms with Gasteiger partial charge in [-0.05, 0) is 258 Å². The van der Waals surface area contributed by atoms with Crippen molar-refractivity contribution in [2.75, 3.05) is 26.2 Å². The maximum absolute atomic E-state index is 13.1. The number of rotatable bonds is 19. The molecule has 0 aliphatic carbocycles. The Hall–Kier alpha value is 0.110. The van der Waals surface area contributed by atoms with Crippen LogP contribution in [0.1, 0.15) is 323 Å². The summed E-state index contributed by atoms with van der Waals surface area (Å²) < 4.78 is 117. The van der Waals surface area contributed by atoms with Crippen molar-refractivity contribution in [3.05, 3.63) is 0 Å². The highest BCUT2D eigenvalue weighted by atomic mass is 31.2. The van der Waals surface area contributed by atoms with Crippen LogP contribution in [0.3, 0.4) is 0 Å². The van der Waals surface area contributed by atoms with Crippen molar-refractivity contribution in [2.45, 2.75) is 396 Å². The van der Waals surface area contributed by atoms with E-state index in [2.05, 4.69) is 55.4 Å². The van der Waals surface area contributed by atoms with Gasteiger partial charge in [-0.2, -0.15) is 0 Å². The second kappa shape index (κ2) is 38.3. The Kier molecular flexibility index (Phi) is 42.1. The lowest BCUT2D eigenvalue weighted by atomic mass is 9.83. The van der Waals surface area contributed by atoms with Gasteiger partial charge in [-0.3, -0.25) is 32.1 Å². The minimum absolute atomic E-state index is 0.0512. The highest BCUT2D eigenvalue weighted by Crippen LogP contribution is 2.61. The quantitative estimate of drug-likeness (QED) is 0.0874. The number of phosphoric ester groups is 1. The first-order chi connectivity index (χ1) is 38.3. The van der Waals surface area contributed by atoms with E-state index in [1.807, 2.05) is 222 Å². The molecular formula is C68H148O17P4. The molecule has 1 heterocycles. The Bertz CT molecular complexity index is 2000. The van der Waals surface area contributed by atoms with Crippen LogP contribution in [0, 0.1) is 16.7 Å². The summed E-state index contributed by atoms with van der Waals surface area (Å²) in [6, 6.07) is 0. The second-order valence-corrected chi connectivity index (χ2v) is 44.6. The zero-order valence-corrected chi connectivity index (χ0v) is 69.5. The molecule has 542 valence electrons. The van der Waals surface area contributed by atoms with E-state index in [9.17, 15) is 23.1 Å². The molecule has 0 saturated carbocycles. The molecule has 0 N–H and O–H groups in total. The highest BCUT2D eigenvalue weighted by molar-refractivity contribution is 7.55. The molecule has 0 aromatic heterocycles. The summed E-state index contributed by atoms with van der Waals surface area (Å²) in [5.41, 5.74) is -4.00. The van der Waals surface area contributed by atoms with E-state index >= 15 is 0 Å². The molecule has 0 atom stereocenters. The van der Waals surface area contributed by atoms with E-state index in [4.69, 9.17) is 54.9 Å². The Morgan fingerprint density at radius 2 is 0.685 bits per heavy atom. The topological polar surface area (TPSA) is 196 Å². The van der Waals surface area contributed by atoms with Gasteiger partial charge in [0.05, 0.1) is 79.6 Å². The van der Waals surface area contributed by atoms with Gasteiger partial charge in [-0.15, -0.1) is 0 Å². The zero-order chi connectivity index (χ0) is 72.7. The number of phosphoric acid groups is 1. The molecule has 0 spiro atoms. The van der Waals surface area contributed by atoms with Gasteiger partial charge in [0.1, 0.15) is 12.6 Å². The van der Waals surface area contributed by atoms with Gasteiger partial charge in [0.2, 0.25) is 0 Å². The second-order valence-electron chi connectivity index (χ2n) is 36.4. The van der Waals surface area contributed by atoms with Crippen LogP contribution in [0.2, 0.25) is 0 Å². The lowest BCUT2D eigenvalue weighted by molar-refractivity contribution is -0.163. The number of Topliss-reactive ketones (excluding diaryl/α,β-unsaturated/α-hetero) is 1. The first-order valence-electron chi connectivity index (χ1n) is 32.4. The van der Waals surface area contributed by atoms with Crippen molar-refractivity contribution in [1.29, 1.82) is 0 Å². The van der Waals surface area contributed by atoms with Crippen molar-refractivity contribution in [3.8, 4) is 0 Å². The van der Waals surface area contributed by atoms with E-state index in [-0.39, 0.29) is 39.5 Å². The summed E-state index contributed by atoms with van der Waals surface area (Å²) in [4.78, 5) is 11.5. The minimum atomic E-state index is -3.52. The largest absolute Gasteiger partial charge is 0.476 e. The van der Waals surface area contributed by atoms with Gasteiger partial charge < -0.3 is 41.4 Å².